The van der Waals surface area contributed by atoms with E-state index in [1.807, 2.05) is 0 Å². The van der Waals surface area contributed by atoms with Crippen molar-refractivity contribution < 1.29 is 27.5 Å². The number of aromatic nitrogens is 1. The molecule has 0 unspecified atom stereocenters. The second-order valence-corrected chi connectivity index (χ2v) is 10.3. The fraction of sp³-hybridized carbons (Fsp3) is 0.353. The second-order valence-electron chi connectivity index (χ2n) is 6.64. The molecule has 0 bridgehead atoms. The summed E-state index contributed by atoms with van der Waals surface area (Å²) in [6.07, 6.45) is 1.20. The number of fused-ring (bicyclic) bond motifs is 1. The summed E-state index contributed by atoms with van der Waals surface area (Å²) in [5, 5.41) is 2.27. The van der Waals surface area contributed by atoms with Gasteiger partial charge in [0.1, 0.15) is 0 Å². The van der Waals surface area contributed by atoms with E-state index >= 15 is 0 Å². The van der Waals surface area contributed by atoms with Crippen LogP contribution in [-0.2, 0) is 28.9 Å². The molecular formula is C17H18N2O6S2. The molecule has 0 spiro atoms. The molecule has 0 amide bonds. The van der Waals surface area contributed by atoms with E-state index in [-0.39, 0.29) is 9.91 Å². The van der Waals surface area contributed by atoms with Crippen molar-refractivity contribution in [3.63, 3.8) is 0 Å². The summed E-state index contributed by atoms with van der Waals surface area (Å²) in [6.45, 7) is 6.13. The van der Waals surface area contributed by atoms with Crippen LogP contribution in [0.25, 0.3) is 10.2 Å². The average Bonchev–Trinajstić information content (AvgIpc) is 2.96. The molecule has 3 rings (SSSR count). The van der Waals surface area contributed by atoms with E-state index in [0.29, 0.717) is 15.9 Å². The number of cyclic esters (lactones) is 2. The van der Waals surface area contributed by atoms with Crippen LogP contribution in [0.2, 0.25) is 0 Å². The van der Waals surface area contributed by atoms with E-state index in [0.717, 1.165) is 11.3 Å². The van der Waals surface area contributed by atoms with E-state index in [9.17, 15) is 18.0 Å². The highest BCUT2D eigenvalue weighted by Gasteiger charge is 2.38. The molecule has 1 aliphatic heterocycles. The van der Waals surface area contributed by atoms with Gasteiger partial charge >= 0.3 is 11.9 Å². The summed E-state index contributed by atoms with van der Waals surface area (Å²) in [6, 6.07) is 5.01. The highest BCUT2D eigenvalue weighted by atomic mass is 32.2. The molecule has 1 aromatic heterocycles. The minimum Gasteiger partial charge on any atom is -0.419 e. The number of hydrogen-bond donors (Lipinski definition) is 1. The highest BCUT2D eigenvalue weighted by Crippen LogP contribution is 2.30. The fourth-order valence-electron chi connectivity index (χ4n) is 2.25. The van der Waals surface area contributed by atoms with Crippen LogP contribution >= 0.6 is 11.3 Å². The van der Waals surface area contributed by atoms with Crippen LogP contribution in [-0.4, -0.2) is 36.4 Å². The number of ether oxygens (including phenoxy) is 2. The van der Waals surface area contributed by atoms with Gasteiger partial charge in [0.05, 0.1) is 15.5 Å². The zero-order valence-corrected chi connectivity index (χ0v) is 16.7. The molecule has 1 N–H and O–H groups in total. The number of thiazole rings is 1. The quantitative estimate of drug-likeness (QED) is 0.465. The first-order chi connectivity index (χ1) is 12.5. The Hall–Kier alpha value is -2.46. The summed E-state index contributed by atoms with van der Waals surface area (Å²) >= 11 is 1.07. The maximum absolute atomic E-state index is 12.3. The van der Waals surface area contributed by atoms with Gasteiger partial charge in [-0.15, -0.1) is 11.3 Å². The minimum absolute atomic E-state index is 0.0599. The zero-order valence-electron chi connectivity index (χ0n) is 15.1. The van der Waals surface area contributed by atoms with Crippen molar-refractivity contribution in [2.75, 3.05) is 5.32 Å². The monoisotopic (exact) mass is 410 g/mol. The number of hydrogen-bond acceptors (Lipinski definition) is 9. The lowest BCUT2D eigenvalue weighted by Crippen LogP contribution is -2.42. The molecule has 0 atom stereocenters. The third kappa shape index (κ3) is 3.81. The summed E-state index contributed by atoms with van der Waals surface area (Å²) < 4.78 is 35.3. The van der Waals surface area contributed by atoms with Crippen LogP contribution in [0.3, 0.4) is 0 Å². The smallest absolute Gasteiger partial charge is 0.350 e. The highest BCUT2D eigenvalue weighted by molar-refractivity contribution is 7.94. The van der Waals surface area contributed by atoms with Crippen LogP contribution in [0, 0.1) is 0 Å². The van der Waals surface area contributed by atoms with Gasteiger partial charge in [-0.3, -0.25) is 0 Å². The number of anilines is 1. The van der Waals surface area contributed by atoms with Gasteiger partial charge in [0.15, 0.2) is 5.57 Å². The van der Waals surface area contributed by atoms with Gasteiger partial charge in [-0.1, -0.05) is 0 Å². The number of rotatable bonds is 4. The Labute approximate surface area is 160 Å². The lowest BCUT2D eigenvalue weighted by molar-refractivity contribution is -0.222. The van der Waals surface area contributed by atoms with Crippen LogP contribution in [0.1, 0.15) is 27.7 Å². The Balaban J connectivity index is 1.86. The van der Waals surface area contributed by atoms with Crippen molar-refractivity contribution in [2.45, 2.75) is 43.1 Å². The van der Waals surface area contributed by atoms with Crippen molar-refractivity contribution in [3.8, 4) is 0 Å². The Morgan fingerprint density at radius 1 is 1.19 bits per heavy atom. The van der Waals surface area contributed by atoms with E-state index in [2.05, 4.69) is 10.3 Å². The van der Waals surface area contributed by atoms with Gasteiger partial charge in [-0.2, -0.15) is 0 Å². The number of nitrogens with zero attached hydrogens (tertiary/aromatic N) is 1. The van der Waals surface area contributed by atoms with Crippen LogP contribution < -0.4 is 5.32 Å². The molecule has 8 nitrogen and oxygen atoms in total. The van der Waals surface area contributed by atoms with Gasteiger partial charge in [0.25, 0.3) is 5.79 Å². The van der Waals surface area contributed by atoms with Crippen LogP contribution in [0.4, 0.5) is 5.69 Å². The summed E-state index contributed by atoms with van der Waals surface area (Å²) in [5.41, 5.74) is 0.843. The Kier molecular flexibility index (Phi) is 4.73. The molecule has 1 fully saturated rings. The van der Waals surface area contributed by atoms with E-state index in [4.69, 9.17) is 9.47 Å². The van der Waals surface area contributed by atoms with Crippen molar-refractivity contribution >= 4 is 49.0 Å². The van der Waals surface area contributed by atoms with Crippen molar-refractivity contribution in [2.24, 2.45) is 0 Å². The third-order valence-electron chi connectivity index (χ3n) is 3.73. The molecule has 1 aliphatic rings. The average molecular weight is 410 g/mol. The number of benzene rings is 1. The molecule has 2 aromatic rings. The first-order valence-corrected chi connectivity index (χ1v) is 10.4. The van der Waals surface area contributed by atoms with Crippen molar-refractivity contribution in [1.29, 1.82) is 0 Å². The largest absolute Gasteiger partial charge is 0.419 e. The summed E-state index contributed by atoms with van der Waals surface area (Å²) in [4.78, 5) is 28.0. The number of carbonyl (C=O) groups is 2. The van der Waals surface area contributed by atoms with E-state index in [1.165, 1.54) is 20.0 Å². The van der Waals surface area contributed by atoms with Crippen molar-refractivity contribution in [3.05, 3.63) is 30.0 Å². The molecule has 0 aliphatic carbocycles. The molecule has 1 saturated heterocycles. The fourth-order valence-corrected chi connectivity index (χ4v) is 4.93. The molecule has 0 radical (unpaired) electrons. The Morgan fingerprint density at radius 3 is 2.41 bits per heavy atom. The van der Waals surface area contributed by atoms with E-state index < -0.39 is 32.8 Å². The van der Waals surface area contributed by atoms with Gasteiger partial charge in [-0.05, 0) is 32.0 Å². The first-order valence-electron chi connectivity index (χ1n) is 8.07. The maximum Gasteiger partial charge on any atom is 0.350 e. The predicted molar refractivity (Wildman–Crippen MR) is 99.9 cm³/mol. The number of nitrogens with one attached hydrogen (secondary N) is 1. The molecular weight excluding hydrogens is 392 g/mol. The molecule has 10 heteroatoms. The molecule has 144 valence electrons. The molecule has 2 heterocycles. The number of esters is 2. The zero-order chi connectivity index (χ0) is 20.0. The molecule has 0 saturated carbocycles. The summed E-state index contributed by atoms with van der Waals surface area (Å²) in [5.74, 6) is -2.87. The van der Waals surface area contributed by atoms with Gasteiger partial charge in [0.2, 0.25) is 14.2 Å². The second kappa shape index (κ2) is 6.61. The molecule has 1 aromatic carbocycles. The minimum atomic E-state index is -3.45. The predicted octanol–water partition coefficient (Wildman–Crippen LogP) is 2.61. The van der Waals surface area contributed by atoms with Crippen LogP contribution in [0.15, 0.2) is 34.3 Å². The number of sulfone groups is 1. The lowest BCUT2D eigenvalue weighted by Gasteiger charge is -2.29. The Bertz CT molecular complexity index is 1040. The normalized spacial score (nSPS) is 17.0. The van der Waals surface area contributed by atoms with Gasteiger partial charge in [-0.25, -0.2) is 23.0 Å². The standard InChI is InChI=1S/C17H18N2O6S2/c1-9(2)27(22,23)16-19-12-6-5-10(7-13(12)26-16)18-8-11-14(20)24-17(3,4)25-15(11)21/h5-9,18H,1-4H3. The number of carbonyl (C=O) groups excluding carboxylic acids is 2. The lowest BCUT2D eigenvalue weighted by atomic mass is 10.2. The maximum atomic E-state index is 12.3. The van der Waals surface area contributed by atoms with Gasteiger partial charge < -0.3 is 14.8 Å². The Morgan fingerprint density at radius 2 is 1.81 bits per heavy atom. The molecule has 27 heavy (non-hydrogen) atoms. The van der Waals surface area contributed by atoms with Crippen LogP contribution in [0.5, 0.6) is 0 Å². The van der Waals surface area contributed by atoms with Crippen molar-refractivity contribution in [1.82, 2.24) is 4.98 Å². The van der Waals surface area contributed by atoms with Gasteiger partial charge in [0, 0.05) is 25.7 Å². The topological polar surface area (TPSA) is 112 Å². The SMILES string of the molecule is CC(C)S(=O)(=O)c1nc2ccc(NC=C3C(=O)OC(C)(C)OC3=O)cc2s1. The summed E-state index contributed by atoms with van der Waals surface area (Å²) in [7, 11) is -3.45. The van der Waals surface area contributed by atoms with E-state index in [1.54, 1.807) is 32.0 Å². The first kappa shape index (κ1) is 19.3. The third-order valence-corrected chi connectivity index (χ3v) is 7.31.